The molecule has 0 amide bonds. The fourth-order valence-corrected chi connectivity index (χ4v) is 1.03. The highest BCUT2D eigenvalue weighted by atomic mass is 35.5. The van der Waals surface area contributed by atoms with E-state index in [1.165, 1.54) is 0 Å². The summed E-state index contributed by atoms with van der Waals surface area (Å²) in [6.07, 6.45) is 0. The van der Waals surface area contributed by atoms with Crippen LogP contribution in [0.5, 0.6) is 5.75 Å². The molecule has 0 saturated heterocycles. The lowest BCUT2D eigenvalue weighted by atomic mass is 10.3. The second-order valence-electron chi connectivity index (χ2n) is 1.84. The molecule has 1 aromatic carbocycles. The van der Waals surface area contributed by atoms with Crippen LogP contribution in [-0.2, 0) is 0 Å². The average Bonchev–Trinajstić information content (AvgIpc) is 1.85. The molecule has 0 aliphatic carbocycles. The first-order valence-corrected chi connectivity index (χ1v) is 4.14. The monoisotopic (exact) mass is 210 g/mol. The van der Waals surface area contributed by atoms with E-state index in [9.17, 15) is 0 Å². The van der Waals surface area contributed by atoms with E-state index in [1.807, 2.05) is 0 Å². The molecule has 11 heavy (non-hydrogen) atoms. The van der Waals surface area contributed by atoms with E-state index in [4.69, 9.17) is 39.5 Å². The van der Waals surface area contributed by atoms with Crippen molar-refractivity contribution in [3.8, 4) is 5.75 Å². The number of rotatable bonds is 2. The third-order valence-electron chi connectivity index (χ3n) is 1.02. The van der Waals surface area contributed by atoms with E-state index >= 15 is 0 Å². The zero-order chi connectivity index (χ0) is 8.27. The van der Waals surface area contributed by atoms with Gasteiger partial charge in [0.2, 0.25) is 5.02 Å². The number of halogens is 3. The van der Waals surface area contributed by atoms with Crippen LogP contribution in [0.15, 0.2) is 24.3 Å². The Hall–Kier alpha value is -0.110. The van der Waals surface area contributed by atoms with Gasteiger partial charge >= 0.3 is 0 Å². The van der Waals surface area contributed by atoms with Gasteiger partial charge in [-0.25, -0.2) is 0 Å². The van der Waals surface area contributed by atoms with Gasteiger partial charge in [-0.2, -0.15) is 0 Å². The Labute approximate surface area is 79.8 Å². The molecular formula is C7H5Cl3O. The molecule has 0 spiro atoms. The van der Waals surface area contributed by atoms with Gasteiger partial charge in [-0.1, -0.05) is 40.9 Å². The molecule has 4 heteroatoms. The second kappa shape index (κ2) is 4.05. The Balaban J connectivity index is 2.71. The fourth-order valence-electron chi connectivity index (χ4n) is 0.643. The standard InChI is InChI=1S/C7H5Cl3O/c8-5-2-1-3-6(4-5)11-7(9)10/h1-4,7H. The summed E-state index contributed by atoms with van der Waals surface area (Å²) in [5.74, 6) is 0.563. The van der Waals surface area contributed by atoms with Gasteiger partial charge in [-0.15, -0.1) is 0 Å². The lowest BCUT2D eigenvalue weighted by Crippen LogP contribution is -1.98. The molecule has 1 aromatic rings. The number of benzene rings is 1. The van der Waals surface area contributed by atoms with Crippen LogP contribution in [0.4, 0.5) is 0 Å². The van der Waals surface area contributed by atoms with Crippen LogP contribution in [0.1, 0.15) is 0 Å². The van der Waals surface area contributed by atoms with Crippen molar-refractivity contribution in [2.24, 2.45) is 0 Å². The van der Waals surface area contributed by atoms with Crippen LogP contribution < -0.4 is 4.74 Å². The van der Waals surface area contributed by atoms with E-state index in [-0.39, 0.29) is 0 Å². The van der Waals surface area contributed by atoms with Gasteiger partial charge in [-0.05, 0) is 18.2 Å². The van der Waals surface area contributed by atoms with Crippen molar-refractivity contribution in [2.75, 3.05) is 0 Å². The van der Waals surface area contributed by atoms with Crippen LogP contribution in [0, 0.1) is 0 Å². The summed E-state index contributed by atoms with van der Waals surface area (Å²) >= 11 is 16.4. The molecule has 0 bridgehead atoms. The normalized spacial score (nSPS) is 10.2. The molecule has 0 radical (unpaired) electrons. The molecule has 60 valence electrons. The van der Waals surface area contributed by atoms with Gasteiger partial charge in [0.05, 0.1) is 0 Å². The topological polar surface area (TPSA) is 9.23 Å². The van der Waals surface area contributed by atoms with Crippen LogP contribution in [-0.4, -0.2) is 5.02 Å². The molecule has 1 nitrogen and oxygen atoms in total. The molecule has 0 N–H and O–H groups in total. The maximum atomic E-state index is 5.66. The van der Waals surface area contributed by atoms with Gasteiger partial charge in [0.25, 0.3) is 0 Å². The quantitative estimate of drug-likeness (QED) is 0.681. The van der Waals surface area contributed by atoms with Crippen molar-refractivity contribution in [1.29, 1.82) is 0 Å². The van der Waals surface area contributed by atoms with Crippen molar-refractivity contribution >= 4 is 34.8 Å². The molecule has 0 atom stereocenters. The SMILES string of the molecule is Clc1cccc(OC(Cl)Cl)c1. The number of alkyl halides is 2. The van der Waals surface area contributed by atoms with Gasteiger partial charge in [0.1, 0.15) is 5.75 Å². The molecule has 0 aliphatic rings. The van der Waals surface area contributed by atoms with Crippen LogP contribution in [0.25, 0.3) is 0 Å². The average molecular weight is 211 g/mol. The maximum Gasteiger partial charge on any atom is 0.247 e. The smallest absolute Gasteiger partial charge is 0.247 e. The minimum atomic E-state index is -0.853. The van der Waals surface area contributed by atoms with E-state index in [0.717, 1.165) is 0 Å². The van der Waals surface area contributed by atoms with E-state index < -0.39 is 5.02 Å². The minimum Gasteiger partial charge on any atom is -0.461 e. The molecule has 0 aliphatic heterocycles. The third kappa shape index (κ3) is 3.19. The van der Waals surface area contributed by atoms with Crippen LogP contribution >= 0.6 is 34.8 Å². The highest BCUT2D eigenvalue weighted by Gasteiger charge is 1.99. The minimum absolute atomic E-state index is 0.563. The zero-order valence-corrected chi connectivity index (χ0v) is 7.70. The lowest BCUT2D eigenvalue weighted by Gasteiger charge is -2.05. The van der Waals surface area contributed by atoms with Gasteiger partial charge in [0, 0.05) is 5.02 Å². The highest BCUT2D eigenvalue weighted by molar-refractivity contribution is 6.43. The summed E-state index contributed by atoms with van der Waals surface area (Å²) in [7, 11) is 0. The number of ether oxygens (including phenoxy) is 1. The summed E-state index contributed by atoms with van der Waals surface area (Å²) in [6.45, 7) is 0. The summed E-state index contributed by atoms with van der Waals surface area (Å²) in [6, 6.07) is 6.86. The predicted octanol–water partition coefficient (Wildman–Crippen LogP) is 3.48. The highest BCUT2D eigenvalue weighted by Crippen LogP contribution is 2.19. The Morgan fingerprint density at radius 1 is 1.27 bits per heavy atom. The van der Waals surface area contributed by atoms with Gasteiger partial charge < -0.3 is 4.74 Å². The Morgan fingerprint density at radius 2 is 2.00 bits per heavy atom. The first-order valence-electron chi connectivity index (χ1n) is 2.89. The summed E-state index contributed by atoms with van der Waals surface area (Å²) in [4.78, 5) is 0. The Morgan fingerprint density at radius 3 is 2.55 bits per heavy atom. The van der Waals surface area contributed by atoms with Crippen molar-refractivity contribution in [1.82, 2.24) is 0 Å². The Bertz CT molecular complexity index is 237. The molecule has 0 unspecified atom stereocenters. The van der Waals surface area contributed by atoms with Gasteiger partial charge in [-0.3, -0.25) is 0 Å². The molecule has 0 heterocycles. The van der Waals surface area contributed by atoms with Gasteiger partial charge in [0.15, 0.2) is 0 Å². The first kappa shape index (κ1) is 8.98. The number of hydrogen-bond acceptors (Lipinski definition) is 1. The maximum absolute atomic E-state index is 5.66. The van der Waals surface area contributed by atoms with Crippen LogP contribution in [0.2, 0.25) is 5.02 Å². The second-order valence-corrected chi connectivity index (χ2v) is 3.29. The Kier molecular flexibility index (Phi) is 3.31. The predicted molar refractivity (Wildman–Crippen MR) is 47.6 cm³/mol. The van der Waals surface area contributed by atoms with E-state index in [2.05, 4.69) is 0 Å². The summed E-state index contributed by atoms with van der Waals surface area (Å²) in [5, 5.41) is -0.259. The molecular weight excluding hydrogens is 206 g/mol. The summed E-state index contributed by atoms with van der Waals surface area (Å²) in [5.41, 5.74) is 0. The van der Waals surface area contributed by atoms with Crippen LogP contribution in [0.3, 0.4) is 0 Å². The zero-order valence-electron chi connectivity index (χ0n) is 5.43. The number of hydrogen-bond donors (Lipinski definition) is 0. The van der Waals surface area contributed by atoms with Crippen molar-refractivity contribution in [2.45, 2.75) is 5.02 Å². The van der Waals surface area contributed by atoms with E-state index in [1.54, 1.807) is 24.3 Å². The summed E-state index contributed by atoms with van der Waals surface area (Å²) < 4.78 is 4.94. The molecule has 0 aromatic heterocycles. The molecule has 0 saturated carbocycles. The largest absolute Gasteiger partial charge is 0.461 e. The van der Waals surface area contributed by atoms with E-state index in [0.29, 0.717) is 10.8 Å². The third-order valence-corrected chi connectivity index (χ3v) is 1.43. The van der Waals surface area contributed by atoms with Crippen molar-refractivity contribution in [3.05, 3.63) is 29.3 Å². The van der Waals surface area contributed by atoms with Crippen molar-refractivity contribution < 1.29 is 4.74 Å². The molecule has 0 fully saturated rings. The molecule has 1 rings (SSSR count). The fraction of sp³-hybridized carbons (Fsp3) is 0.143. The first-order chi connectivity index (χ1) is 5.18. The van der Waals surface area contributed by atoms with Crippen molar-refractivity contribution in [3.63, 3.8) is 0 Å². The lowest BCUT2D eigenvalue weighted by molar-refractivity contribution is 0.354.